The average Bonchev–Trinajstić information content (AvgIpc) is 2.68. The molecule has 1 aliphatic carbocycles. The maximum absolute atomic E-state index is 13.6. The van der Waals surface area contributed by atoms with Crippen molar-refractivity contribution in [1.82, 2.24) is 0 Å². The first kappa shape index (κ1) is 23.0. The number of benzene rings is 1. The van der Waals surface area contributed by atoms with Gasteiger partial charge >= 0.3 is 0 Å². The zero-order valence-electron chi connectivity index (χ0n) is 19.8. The molecule has 0 aromatic heterocycles. The second-order valence-electron chi connectivity index (χ2n) is 10.2. The Kier molecular flexibility index (Phi) is 5.36. The predicted octanol–water partition coefficient (Wildman–Crippen LogP) is 4.83. The summed E-state index contributed by atoms with van der Waals surface area (Å²) in [4.78, 5) is 39.9. The molecule has 0 fully saturated rings. The molecule has 31 heavy (non-hydrogen) atoms. The third-order valence-electron chi connectivity index (χ3n) is 6.50. The molecule has 1 heterocycles. The van der Waals surface area contributed by atoms with Crippen LogP contribution in [0.1, 0.15) is 77.2 Å². The number of phenols is 1. The van der Waals surface area contributed by atoms with Gasteiger partial charge < -0.3 is 14.6 Å². The Balaban J connectivity index is 2.46. The summed E-state index contributed by atoms with van der Waals surface area (Å²) >= 11 is 0. The fourth-order valence-electron chi connectivity index (χ4n) is 4.88. The van der Waals surface area contributed by atoms with Crippen molar-refractivity contribution in [2.45, 2.75) is 61.3 Å². The maximum Gasteiger partial charge on any atom is 0.175 e. The molecule has 2 aliphatic rings. The molecule has 0 amide bonds. The van der Waals surface area contributed by atoms with E-state index in [0.717, 1.165) is 0 Å². The van der Waals surface area contributed by atoms with Crippen molar-refractivity contribution in [2.24, 2.45) is 22.7 Å². The summed E-state index contributed by atoms with van der Waals surface area (Å²) in [6, 6.07) is 1.41. The maximum atomic E-state index is 13.6. The lowest BCUT2D eigenvalue weighted by Crippen LogP contribution is -2.52. The van der Waals surface area contributed by atoms with E-state index < -0.39 is 16.7 Å². The van der Waals surface area contributed by atoms with Crippen molar-refractivity contribution >= 4 is 17.3 Å². The molecule has 3 rings (SSSR count). The predicted molar refractivity (Wildman–Crippen MR) is 117 cm³/mol. The SMILES string of the molecule is COc1cc(O)c(C(=O)C(C)C)c2c1[C@@H](C(C)C)C1=C(O2)C(C)(C)C(=O)C(C)(C)C1=O. The first-order valence-electron chi connectivity index (χ1n) is 10.7. The second-order valence-corrected chi connectivity index (χ2v) is 10.2. The van der Waals surface area contributed by atoms with Crippen LogP contribution in [0.2, 0.25) is 0 Å². The first-order chi connectivity index (χ1) is 14.2. The summed E-state index contributed by atoms with van der Waals surface area (Å²) in [6.45, 7) is 14.2. The Hall–Kier alpha value is -2.63. The number of carbonyl (C=O) groups excluding carboxylic acids is 3. The number of aromatic hydroxyl groups is 1. The second kappa shape index (κ2) is 7.21. The highest BCUT2D eigenvalue weighted by atomic mass is 16.5. The molecule has 0 radical (unpaired) electrons. The van der Waals surface area contributed by atoms with E-state index in [1.807, 2.05) is 13.8 Å². The van der Waals surface area contributed by atoms with Gasteiger partial charge in [-0.15, -0.1) is 0 Å². The van der Waals surface area contributed by atoms with Crippen LogP contribution in [0.25, 0.3) is 0 Å². The van der Waals surface area contributed by atoms with Crippen LogP contribution in [0.15, 0.2) is 17.4 Å². The van der Waals surface area contributed by atoms with Gasteiger partial charge in [0.1, 0.15) is 28.6 Å². The fourth-order valence-corrected chi connectivity index (χ4v) is 4.88. The summed E-state index contributed by atoms with van der Waals surface area (Å²) < 4.78 is 11.8. The average molecular weight is 429 g/mol. The Bertz CT molecular complexity index is 1020. The lowest BCUT2D eigenvalue weighted by atomic mass is 9.59. The Morgan fingerprint density at radius 3 is 2.16 bits per heavy atom. The largest absolute Gasteiger partial charge is 0.507 e. The van der Waals surface area contributed by atoms with Crippen LogP contribution in [-0.2, 0) is 9.59 Å². The topological polar surface area (TPSA) is 89.9 Å². The number of fused-ring (bicyclic) bond motifs is 1. The molecule has 0 spiro atoms. The number of phenolic OH excluding ortho intramolecular Hbond substituents is 1. The van der Waals surface area contributed by atoms with Crippen molar-refractivity contribution < 1.29 is 29.0 Å². The van der Waals surface area contributed by atoms with Crippen molar-refractivity contribution in [3.8, 4) is 17.2 Å². The molecule has 0 bridgehead atoms. The normalized spacial score (nSPS) is 21.7. The van der Waals surface area contributed by atoms with Gasteiger partial charge in [0.2, 0.25) is 0 Å². The molecule has 0 saturated carbocycles. The molecular formula is C25H32O6. The zero-order chi connectivity index (χ0) is 23.6. The minimum absolute atomic E-state index is 0.0585. The lowest BCUT2D eigenvalue weighted by molar-refractivity contribution is -0.144. The minimum Gasteiger partial charge on any atom is -0.507 e. The van der Waals surface area contributed by atoms with Crippen LogP contribution in [0, 0.1) is 22.7 Å². The zero-order valence-corrected chi connectivity index (χ0v) is 19.8. The first-order valence-corrected chi connectivity index (χ1v) is 10.7. The summed E-state index contributed by atoms with van der Waals surface area (Å²) in [5.74, 6) is -1.15. The van der Waals surface area contributed by atoms with Gasteiger partial charge in [0.05, 0.1) is 17.9 Å². The monoisotopic (exact) mass is 428 g/mol. The van der Waals surface area contributed by atoms with Gasteiger partial charge in [-0.25, -0.2) is 0 Å². The fraction of sp³-hybridized carbons (Fsp3) is 0.560. The smallest absolute Gasteiger partial charge is 0.175 e. The van der Waals surface area contributed by atoms with Crippen LogP contribution in [0.3, 0.4) is 0 Å². The van der Waals surface area contributed by atoms with Crippen LogP contribution < -0.4 is 9.47 Å². The number of allylic oxidation sites excluding steroid dienone is 2. The van der Waals surface area contributed by atoms with Crippen molar-refractivity contribution in [2.75, 3.05) is 7.11 Å². The number of hydrogen-bond donors (Lipinski definition) is 1. The number of ketones is 3. The molecule has 0 saturated heterocycles. The van der Waals surface area contributed by atoms with Gasteiger partial charge in [-0.1, -0.05) is 27.7 Å². The number of rotatable bonds is 4. The number of ether oxygens (including phenoxy) is 2. The van der Waals surface area contributed by atoms with E-state index in [1.54, 1.807) is 41.5 Å². The summed E-state index contributed by atoms with van der Waals surface area (Å²) in [6.07, 6.45) is 0. The third-order valence-corrected chi connectivity index (χ3v) is 6.50. The van der Waals surface area contributed by atoms with Crippen LogP contribution in [-0.4, -0.2) is 29.6 Å². The highest BCUT2D eigenvalue weighted by Crippen LogP contribution is 2.58. The highest BCUT2D eigenvalue weighted by molar-refractivity contribution is 6.20. The van der Waals surface area contributed by atoms with Crippen molar-refractivity contribution in [1.29, 1.82) is 0 Å². The van der Waals surface area contributed by atoms with Crippen molar-refractivity contribution in [3.63, 3.8) is 0 Å². The van der Waals surface area contributed by atoms with Crippen LogP contribution >= 0.6 is 0 Å². The van der Waals surface area contributed by atoms with E-state index in [4.69, 9.17) is 9.47 Å². The van der Waals surface area contributed by atoms with Gasteiger partial charge in [0, 0.05) is 29.0 Å². The molecule has 1 aromatic carbocycles. The van der Waals surface area contributed by atoms with Gasteiger partial charge in [0.15, 0.2) is 17.3 Å². The van der Waals surface area contributed by atoms with E-state index in [0.29, 0.717) is 16.9 Å². The quantitative estimate of drug-likeness (QED) is 0.546. The lowest BCUT2D eigenvalue weighted by Gasteiger charge is -2.46. The number of methoxy groups -OCH3 is 1. The molecule has 6 heteroatoms. The van der Waals surface area contributed by atoms with Gasteiger partial charge in [-0.3, -0.25) is 14.4 Å². The molecule has 0 unspecified atom stereocenters. The summed E-state index contributed by atoms with van der Waals surface area (Å²) in [5, 5.41) is 10.7. The van der Waals surface area contributed by atoms with Crippen molar-refractivity contribution in [3.05, 3.63) is 28.5 Å². The molecule has 6 nitrogen and oxygen atoms in total. The number of Topliss-reactive ketones (excluding diaryl/α,β-unsaturated/α-hetero) is 3. The molecule has 1 aromatic rings. The minimum atomic E-state index is -1.20. The van der Waals surface area contributed by atoms with E-state index in [1.165, 1.54) is 13.2 Å². The van der Waals surface area contributed by atoms with Gasteiger partial charge in [-0.2, -0.15) is 0 Å². The standard InChI is InChI=1S/C25H32O6/c1-11(2)15-17-14(30-9)10-13(26)16(19(27)12(3)4)20(17)31-22-18(15)21(28)24(5,6)23(29)25(22,7)8/h10-12,15,26H,1-9H3/t15-/m1/s1. The summed E-state index contributed by atoms with van der Waals surface area (Å²) in [7, 11) is 1.47. The number of carbonyl (C=O) groups is 3. The molecule has 1 aliphatic heterocycles. The highest BCUT2D eigenvalue weighted by Gasteiger charge is 2.58. The molecule has 168 valence electrons. The van der Waals surface area contributed by atoms with E-state index in [2.05, 4.69) is 0 Å². The molecule has 1 N–H and O–H groups in total. The van der Waals surface area contributed by atoms with Gasteiger partial charge in [-0.05, 0) is 33.6 Å². The van der Waals surface area contributed by atoms with E-state index in [9.17, 15) is 19.5 Å². The summed E-state index contributed by atoms with van der Waals surface area (Å²) in [5.41, 5.74) is -1.20. The van der Waals surface area contributed by atoms with E-state index >= 15 is 0 Å². The van der Waals surface area contributed by atoms with Crippen LogP contribution in [0.4, 0.5) is 0 Å². The third kappa shape index (κ3) is 3.10. The van der Waals surface area contributed by atoms with Gasteiger partial charge in [0.25, 0.3) is 0 Å². The van der Waals surface area contributed by atoms with Crippen LogP contribution in [0.5, 0.6) is 17.2 Å². The Morgan fingerprint density at radius 2 is 1.68 bits per heavy atom. The molecular weight excluding hydrogens is 396 g/mol. The number of hydrogen-bond acceptors (Lipinski definition) is 6. The van der Waals surface area contributed by atoms with E-state index in [-0.39, 0.29) is 52.0 Å². The Morgan fingerprint density at radius 1 is 1.10 bits per heavy atom. The Labute approximate surface area is 183 Å². The molecule has 1 atom stereocenters.